The lowest BCUT2D eigenvalue weighted by atomic mass is 9.66. The number of benzene rings is 1. The molecule has 2 fully saturated rings. The summed E-state index contributed by atoms with van der Waals surface area (Å²) >= 11 is 0. The van der Waals surface area contributed by atoms with E-state index in [4.69, 9.17) is 0 Å². The first kappa shape index (κ1) is 23.9. The van der Waals surface area contributed by atoms with Crippen LogP contribution in [0.4, 0.5) is 0 Å². The fourth-order valence-corrected chi connectivity index (χ4v) is 4.81. The summed E-state index contributed by atoms with van der Waals surface area (Å²) in [5.74, 6) is -28.6. The van der Waals surface area contributed by atoms with Gasteiger partial charge in [0.05, 0.1) is 12.6 Å². The second-order valence-electron chi connectivity index (χ2n) is 8.67. The van der Waals surface area contributed by atoms with E-state index >= 15 is 0 Å². The van der Waals surface area contributed by atoms with Crippen molar-refractivity contribution in [3.05, 3.63) is 35.4 Å². The van der Waals surface area contributed by atoms with Crippen LogP contribution < -0.4 is 0 Å². The van der Waals surface area contributed by atoms with E-state index in [1.807, 2.05) is 6.07 Å². The van der Waals surface area contributed by atoms with Crippen molar-refractivity contribution in [2.24, 2.45) is 5.92 Å². The van der Waals surface area contributed by atoms with Crippen LogP contribution in [0, 0.1) is 5.92 Å². The van der Waals surface area contributed by atoms with Gasteiger partial charge < -0.3 is 60.9 Å². The first-order chi connectivity index (χ1) is 15.0. The van der Waals surface area contributed by atoms with Gasteiger partial charge in [-0.15, -0.1) is 0 Å². The number of aliphatic hydroxyl groups is 10. The molecular weight excluding hydrogens is 448 g/mol. The molecule has 2 heterocycles. The maximum atomic E-state index is 13.2. The molecule has 1 aliphatic carbocycles. The second-order valence-corrected chi connectivity index (χ2v) is 8.67. The quantitative estimate of drug-likeness (QED) is 0.172. The molecule has 2 amide bonds. The third-order valence-electron chi connectivity index (χ3n) is 6.81. The number of piperazine rings is 1. The van der Waals surface area contributed by atoms with Crippen LogP contribution >= 0.6 is 0 Å². The third-order valence-corrected chi connectivity index (χ3v) is 6.81. The van der Waals surface area contributed by atoms with E-state index in [-0.39, 0.29) is 6.54 Å². The lowest BCUT2D eigenvalue weighted by Crippen LogP contribution is -2.91. The minimum absolute atomic E-state index is 0.304. The van der Waals surface area contributed by atoms with Gasteiger partial charge in [0.2, 0.25) is 23.4 Å². The van der Waals surface area contributed by atoms with Gasteiger partial charge in [-0.1, -0.05) is 24.3 Å². The van der Waals surface area contributed by atoms with Crippen LogP contribution in [0.3, 0.4) is 0 Å². The Morgan fingerprint density at radius 1 is 0.848 bits per heavy atom. The van der Waals surface area contributed by atoms with Crippen LogP contribution in [0.25, 0.3) is 0 Å². The van der Waals surface area contributed by atoms with Crippen LogP contribution in [0.2, 0.25) is 0 Å². The van der Waals surface area contributed by atoms with Crippen LogP contribution in [0.15, 0.2) is 24.3 Å². The minimum atomic E-state index is -4.76. The normalized spacial score (nSPS) is 29.3. The van der Waals surface area contributed by atoms with Gasteiger partial charge in [-0.3, -0.25) is 9.59 Å². The molecule has 0 bridgehead atoms. The Bertz CT molecular complexity index is 974. The van der Waals surface area contributed by atoms with E-state index in [0.717, 1.165) is 5.56 Å². The van der Waals surface area contributed by atoms with Gasteiger partial charge in [-0.25, -0.2) is 0 Å². The topological polar surface area (TPSA) is 243 Å². The number of hydrogen-bond donors (Lipinski definition) is 10. The molecule has 3 aliphatic rings. The standard InChI is InChI=1S/C19H24N2O12/c22-12-8-20(7-11-10-4-2-1-3-9(10)5-6-21(11)12)14(23)13-15(24,25)17(28,29)19(32,33)18(30,31)16(13,26)27/h1-4,11,13,24-33H,5-8H2. The van der Waals surface area contributed by atoms with Crippen molar-refractivity contribution in [3.8, 4) is 0 Å². The van der Waals surface area contributed by atoms with Gasteiger partial charge >= 0.3 is 0 Å². The van der Waals surface area contributed by atoms with E-state index in [1.54, 1.807) is 18.2 Å². The average Bonchev–Trinajstić information content (AvgIpc) is 2.71. The van der Waals surface area contributed by atoms with Gasteiger partial charge in [0.25, 0.3) is 17.4 Å². The molecule has 14 nitrogen and oxygen atoms in total. The molecule has 0 radical (unpaired) electrons. The fourth-order valence-electron chi connectivity index (χ4n) is 4.81. The highest BCUT2D eigenvalue weighted by Crippen LogP contribution is 2.52. The monoisotopic (exact) mass is 472 g/mol. The Labute approximate surface area is 185 Å². The molecule has 10 N–H and O–H groups in total. The number of carbonyl (C=O) groups excluding carboxylic acids is 2. The predicted octanol–water partition coefficient (Wildman–Crippen LogP) is -6.01. The summed E-state index contributed by atoms with van der Waals surface area (Å²) in [7, 11) is 0. The fraction of sp³-hybridized carbons (Fsp3) is 0.579. The van der Waals surface area contributed by atoms with E-state index in [0.29, 0.717) is 23.4 Å². The van der Waals surface area contributed by atoms with Crippen molar-refractivity contribution in [2.75, 3.05) is 19.6 Å². The number of rotatable bonds is 1. The van der Waals surface area contributed by atoms with Gasteiger partial charge in [0, 0.05) is 13.1 Å². The van der Waals surface area contributed by atoms with Crippen LogP contribution in [0.1, 0.15) is 17.2 Å². The molecule has 0 spiro atoms. The Morgan fingerprint density at radius 2 is 1.39 bits per heavy atom. The predicted molar refractivity (Wildman–Crippen MR) is 101 cm³/mol. The Hall–Kier alpha value is -2.24. The van der Waals surface area contributed by atoms with E-state index in [2.05, 4.69) is 0 Å². The molecule has 4 rings (SSSR count). The van der Waals surface area contributed by atoms with Crippen molar-refractivity contribution in [3.63, 3.8) is 0 Å². The maximum absolute atomic E-state index is 13.2. The average molecular weight is 472 g/mol. The molecule has 1 unspecified atom stereocenters. The zero-order chi connectivity index (χ0) is 24.8. The van der Waals surface area contributed by atoms with Crippen molar-refractivity contribution in [1.29, 1.82) is 0 Å². The number of nitrogens with zero attached hydrogens (tertiary/aromatic N) is 2. The van der Waals surface area contributed by atoms with E-state index in [9.17, 15) is 60.7 Å². The Kier molecular flexibility index (Phi) is 4.99. The van der Waals surface area contributed by atoms with E-state index in [1.165, 1.54) is 4.90 Å². The molecule has 14 heteroatoms. The first-order valence-corrected chi connectivity index (χ1v) is 9.90. The maximum Gasteiger partial charge on any atom is 0.285 e. The Morgan fingerprint density at radius 3 is 1.97 bits per heavy atom. The van der Waals surface area contributed by atoms with Gasteiger partial charge in [0.15, 0.2) is 5.92 Å². The van der Waals surface area contributed by atoms with Crippen LogP contribution in [0.5, 0.6) is 0 Å². The zero-order valence-corrected chi connectivity index (χ0v) is 17.0. The van der Waals surface area contributed by atoms with Crippen molar-refractivity contribution in [1.82, 2.24) is 9.80 Å². The number of hydrogen-bond acceptors (Lipinski definition) is 12. The molecule has 1 aromatic rings. The molecule has 33 heavy (non-hydrogen) atoms. The van der Waals surface area contributed by atoms with Gasteiger partial charge in [-0.2, -0.15) is 0 Å². The molecule has 1 atom stereocenters. The summed E-state index contributed by atoms with van der Waals surface area (Å²) in [6.07, 6.45) is 0.548. The second kappa shape index (κ2) is 6.89. The van der Waals surface area contributed by atoms with Gasteiger partial charge in [-0.05, 0) is 17.5 Å². The number of carbonyl (C=O) groups is 2. The summed E-state index contributed by atoms with van der Waals surface area (Å²) in [6, 6.07) is 6.30. The van der Waals surface area contributed by atoms with Gasteiger partial charge in [0.1, 0.15) is 0 Å². The van der Waals surface area contributed by atoms with Crippen LogP contribution in [-0.2, 0) is 16.0 Å². The SMILES string of the molecule is O=C(C1C(O)(O)C(O)(O)C(O)(O)C(O)(O)C1(O)O)N1CC(=O)N2CCc3ccccc3C2C1. The molecule has 1 saturated carbocycles. The molecule has 0 aromatic heterocycles. The molecule has 1 aromatic carbocycles. The highest BCUT2D eigenvalue weighted by atomic mass is 16.7. The largest absolute Gasteiger partial charge is 0.360 e. The summed E-state index contributed by atoms with van der Waals surface area (Å²) in [5, 5.41) is 100. The minimum Gasteiger partial charge on any atom is -0.360 e. The highest BCUT2D eigenvalue weighted by Gasteiger charge is 2.87. The summed E-state index contributed by atoms with van der Waals surface area (Å²) in [6.45, 7) is -0.678. The van der Waals surface area contributed by atoms with Crippen molar-refractivity contribution < 1.29 is 60.7 Å². The van der Waals surface area contributed by atoms with Crippen molar-refractivity contribution in [2.45, 2.75) is 41.4 Å². The Balaban J connectivity index is 1.75. The van der Waals surface area contributed by atoms with Crippen molar-refractivity contribution >= 4 is 11.8 Å². The lowest BCUT2D eigenvalue weighted by molar-refractivity contribution is -0.585. The van der Waals surface area contributed by atoms with E-state index < -0.39 is 59.3 Å². The smallest absolute Gasteiger partial charge is 0.285 e. The van der Waals surface area contributed by atoms with Crippen LogP contribution in [-0.4, -0.2) is 121 Å². The zero-order valence-electron chi connectivity index (χ0n) is 17.0. The third kappa shape index (κ3) is 2.85. The number of fused-ring (bicyclic) bond motifs is 3. The summed E-state index contributed by atoms with van der Waals surface area (Å²) in [4.78, 5) is 28.0. The summed E-state index contributed by atoms with van der Waals surface area (Å²) in [5.41, 5.74) is 1.56. The molecular formula is C19H24N2O12. The molecule has 2 aliphatic heterocycles. The lowest BCUT2D eigenvalue weighted by Gasteiger charge is -2.59. The molecule has 1 saturated heterocycles. The summed E-state index contributed by atoms with van der Waals surface area (Å²) < 4.78 is 0. The molecule has 182 valence electrons. The highest BCUT2D eigenvalue weighted by molar-refractivity contribution is 5.89. The first-order valence-electron chi connectivity index (χ1n) is 9.90. The number of amides is 2.